The van der Waals surface area contributed by atoms with Crippen LogP contribution >= 0.6 is 0 Å². The fourth-order valence-electron chi connectivity index (χ4n) is 2.24. The molecule has 6 nitrogen and oxygen atoms in total. The summed E-state index contributed by atoms with van der Waals surface area (Å²) in [5, 5.41) is 13.9. The van der Waals surface area contributed by atoms with Crippen molar-refractivity contribution in [2.45, 2.75) is 6.92 Å². The Hall–Kier alpha value is -2.89. The number of aryl methyl sites for hydroxylation is 1. The molecule has 0 saturated heterocycles. The van der Waals surface area contributed by atoms with Crippen molar-refractivity contribution < 1.29 is 9.72 Å². The summed E-state index contributed by atoms with van der Waals surface area (Å²) in [6, 6.07) is 12.0. The van der Waals surface area contributed by atoms with Gasteiger partial charge in [0, 0.05) is 19.7 Å². The van der Waals surface area contributed by atoms with Crippen molar-refractivity contribution >= 4 is 23.0 Å². The van der Waals surface area contributed by atoms with Gasteiger partial charge in [0.1, 0.15) is 5.56 Å². The van der Waals surface area contributed by atoms with E-state index in [0.717, 1.165) is 5.69 Å². The smallest absolute Gasteiger partial charge is 0.285 e. The summed E-state index contributed by atoms with van der Waals surface area (Å²) in [5.74, 6) is -0.496. The van der Waals surface area contributed by atoms with E-state index in [0.29, 0.717) is 11.3 Å². The predicted octanol–water partition coefficient (Wildman–Crippen LogP) is 3.22. The maximum absolute atomic E-state index is 12.4. The summed E-state index contributed by atoms with van der Waals surface area (Å²) < 4.78 is 0. The highest BCUT2D eigenvalue weighted by atomic mass is 16.6. The van der Waals surface area contributed by atoms with Gasteiger partial charge in [-0.2, -0.15) is 0 Å². The van der Waals surface area contributed by atoms with E-state index in [1.807, 2.05) is 31.1 Å². The second-order valence-electron chi connectivity index (χ2n) is 5.09. The molecule has 6 heteroatoms. The molecule has 2 aromatic carbocycles. The van der Waals surface area contributed by atoms with E-state index in [1.165, 1.54) is 6.07 Å². The van der Waals surface area contributed by atoms with Gasteiger partial charge in [0.15, 0.2) is 0 Å². The number of anilines is 2. The lowest BCUT2D eigenvalue weighted by Crippen LogP contribution is -2.18. The molecule has 0 aliphatic heterocycles. The van der Waals surface area contributed by atoms with Gasteiger partial charge in [-0.15, -0.1) is 0 Å². The average Bonchev–Trinajstić information content (AvgIpc) is 2.46. The van der Waals surface area contributed by atoms with Crippen molar-refractivity contribution in [3.8, 4) is 0 Å². The first-order valence-corrected chi connectivity index (χ1v) is 6.73. The predicted molar refractivity (Wildman–Crippen MR) is 86.6 cm³/mol. The molecule has 0 unspecified atom stereocenters. The number of nitro benzene ring substituents is 1. The number of amides is 1. The zero-order valence-electron chi connectivity index (χ0n) is 12.7. The number of carbonyl (C=O) groups is 1. The van der Waals surface area contributed by atoms with Gasteiger partial charge in [-0.25, -0.2) is 0 Å². The average molecular weight is 299 g/mol. The van der Waals surface area contributed by atoms with Gasteiger partial charge in [0.25, 0.3) is 11.6 Å². The van der Waals surface area contributed by atoms with Crippen LogP contribution in [0.5, 0.6) is 0 Å². The maximum Gasteiger partial charge on any atom is 0.285 e. The van der Waals surface area contributed by atoms with E-state index in [1.54, 1.807) is 31.2 Å². The van der Waals surface area contributed by atoms with Gasteiger partial charge in [-0.1, -0.05) is 24.3 Å². The normalized spacial score (nSPS) is 10.1. The summed E-state index contributed by atoms with van der Waals surface area (Å²) >= 11 is 0. The first-order valence-electron chi connectivity index (χ1n) is 6.73. The molecule has 0 bridgehead atoms. The van der Waals surface area contributed by atoms with Crippen LogP contribution in [0.2, 0.25) is 0 Å². The number of para-hydroxylation sites is 3. The molecular formula is C16H17N3O3. The molecule has 0 aromatic heterocycles. The lowest BCUT2D eigenvalue weighted by molar-refractivity contribution is -0.385. The Morgan fingerprint density at radius 3 is 2.45 bits per heavy atom. The van der Waals surface area contributed by atoms with Crippen LogP contribution in [-0.4, -0.2) is 24.9 Å². The number of hydrogen-bond donors (Lipinski definition) is 1. The van der Waals surface area contributed by atoms with Crippen molar-refractivity contribution in [1.82, 2.24) is 0 Å². The Bertz CT molecular complexity index is 726. The number of benzene rings is 2. The van der Waals surface area contributed by atoms with E-state index in [9.17, 15) is 14.9 Å². The zero-order chi connectivity index (χ0) is 16.3. The monoisotopic (exact) mass is 299 g/mol. The maximum atomic E-state index is 12.4. The number of nitrogens with zero attached hydrogens (tertiary/aromatic N) is 2. The first kappa shape index (κ1) is 15.5. The van der Waals surface area contributed by atoms with Crippen molar-refractivity contribution in [2.75, 3.05) is 24.3 Å². The van der Waals surface area contributed by atoms with Crippen LogP contribution in [0.1, 0.15) is 15.9 Å². The molecule has 114 valence electrons. The lowest BCUT2D eigenvalue weighted by Gasteiger charge is -2.17. The first-order chi connectivity index (χ1) is 10.4. The standard InChI is InChI=1S/C16H17N3O3/c1-11-7-6-8-12(15(11)19(21)22)16(20)17-13-9-4-5-10-14(13)18(2)3/h4-10H,1-3H3,(H,17,20). The third-order valence-electron chi connectivity index (χ3n) is 3.30. The highest BCUT2D eigenvalue weighted by Crippen LogP contribution is 2.27. The van der Waals surface area contributed by atoms with E-state index in [4.69, 9.17) is 0 Å². The minimum Gasteiger partial charge on any atom is -0.376 e. The van der Waals surface area contributed by atoms with Crippen molar-refractivity contribution in [2.24, 2.45) is 0 Å². The summed E-state index contributed by atoms with van der Waals surface area (Å²) in [7, 11) is 3.72. The third kappa shape index (κ3) is 3.06. The minimum atomic E-state index is -0.526. The molecule has 0 atom stereocenters. The van der Waals surface area contributed by atoms with E-state index in [-0.39, 0.29) is 11.3 Å². The van der Waals surface area contributed by atoms with Gasteiger partial charge in [0.05, 0.1) is 16.3 Å². The topological polar surface area (TPSA) is 75.5 Å². The van der Waals surface area contributed by atoms with Crippen molar-refractivity contribution in [1.29, 1.82) is 0 Å². The van der Waals surface area contributed by atoms with Crippen LogP contribution in [0.3, 0.4) is 0 Å². The van der Waals surface area contributed by atoms with Crippen LogP contribution < -0.4 is 10.2 Å². The SMILES string of the molecule is Cc1cccc(C(=O)Nc2ccccc2N(C)C)c1[N+](=O)[O-]. The summed E-state index contributed by atoms with van der Waals surface area (Å²) in [6.45, 7) is 1.61. The molecule has 0 spiro atoms. The van der Waals surface area contributed by atoms with E-state index >= 15 is 0 Å². The van der Waals surface area contributed by atoms with Gasteiger partial charge in [0.2, 0.25) is 0 Å². The van der Waals surface area contributed by atoms with Crippen LogP contribution in [-0.2, 0) is 0 Å². The Labute approximate surface area is 128 Å². The lowest BCUT2D eigenvalue weighted by atomic mass is 10.1. The van der Waals surface area contributed by atoms with Gasteiger partial charge < -0.3 is 10.2 Å². The number of hydrogen-bond acceptors (Lipinski definition) is 4. The largest absolute Gasteiger partial charge is 0.376 e. The highest BCUT2D eigenvalue weighted by molar-refractivity contribution is 6.08. The second-order valence-corrected chi connectivity index (χ2v) is 5.09. The molecule has 0 saturated carbocycles. The fraction of sp³-hybridized carbons (Fsp3) is 0.188. The van der Waals surface area contributed by atoms with Gasteiger partial charge >= 0.3 is 0 Å². The van der Waals surface area contributed by atoms with Gasteiger partial charge in [-0.05, 0) is 25.1 Å². The molecule has 0 aliphatic carbocycles. The molecular weight excluding hydrogens is 282 g/mol. The van der Waals surface area contributed by atoms with Crippen LogP contribution in [0.15, 0.2) is 42.5 Å². The molecule has 0 fully saturated rings. The molecule has 1 amide bonds. The van der Waals surface area contributed by atoms with E-state index in [2.05, 4.69) is 5.32 Å². The summed E-state index contributed by atoms with van der Waals surface area (Å²) in [5.41, 5.74) is 1.78. The molecule has 0 radical (unpaired) electrons. The third-order valence-corrected chi connectivity index (χ3v) is 3.30. The fourth-order valence-corrected chi connectivity index (χ4v) is 2.24. The Balaban J connectivity index is 2.39. The van der Waals surface area contributed by atoms with Crippen molar-refractivity contribution in [3.63, 3.8) is 0 Å². The quantitative estimate of drug-likeness (QED) is 0.694. The second kappa shape index (κ2) is 6.26. The molecule has 2 aromatic rings. The number of nitrogens with one attached hydrogen (secondary N) is 1. The number of nitro groups is 1. The Kier molecular flexibility index (Phi) is 4.41. The molecule has 0 aliphatic rings. The molecule has 2 rings (SSSR count). The van der Waals surface area contributed by atoms with Crippen LogP contribution in [0.25, 0.3) is 0 Å². The van der Waals surface area contributed by atoms with Crippen molar-refractivity contribution in [3.05, 3.63) is 63.7 Å². The minimum absolute atomic E-state index is 0.0542. The number of rotatable bonds is 4. The van der Waals surface area contributed by atoms with Crippen LogP contribution in [0, 0.1) is 17.0 Å². The summed E-state index contributed by atoms with van der Waals surface area (Å²) in [6.07, 6.45) is 0. The Morgan fingerprint density at radius 2 is 1.82 bits per heavy atom. The summed E-state index contributed by atoms with van der Waals surface area (Å²) in [4.78, 5) is 25.0. The van der Waals surface area contributed by atoms with Gasteiger partial charge in [-0.3, -0.25) is 14.9 Å². The van der Waals surface area contributed by atoms with E-state index < -0.39 is 10.8 Å². The highest BCUT2D eigenvalue weighted by Gasteiger charge is 2.23. The molecule has 1 N–H and O–H groups in total. The Morgan fingerprint density at radius 1 is 1.14 bits per heavy atom. The molecule has 0 heterocycles. The van der Waals surface area contributed by atoms with Crippen LogP contribution in [0.4, 0.5) is 17.1 Å². The molecule has 22 heavy (non-hydrogen) atoms. The zero-order valence-corrected chi connectivity index (χ0v) is 12.7. The number of carbonyl (C=O) groups excluding carboxylic acids is 1.